The van der Waals surface area contributed by atoms with E-state index in [9.17, 15) is 0 Å². The summed E-state index contributed by atoms with van der Waals surface area (Å²) in [5.41, 5.74) is 1.44. The Kier molecular flexibility index (Phi) is 4.52. The lowest BCUT2D eigenvalue weighted by molar-refractivity contribution is 0.340. The lowest BCUT2D eigenvalue weighted by Crippen LogP contribution is -2.00. The van der Waals surface area contributed by atoms with Gasteiger partial charge in [-0.05, 0) is 42.5 Å². The highest BCUT2D eigenvalue weighted by atomic mass is 35.5. The first-order valence-electron chi connectivity index (χ1n) is 8.07. The molecule has 0 N–H and O–H groups in total. The van der Waals surface area contributed by atoms with Crippen LogP contribution in [0.2, 0.25) is 5.02 Å². The van der Waals surface area contributed by atoms with Crippen LogP contribution in [0.15, 0.2) is 54.6 Å². The number of aromatic nitrogens is 4. The second-order valence-corrected chi connectivity index (χ2v) is 6.00. The molecule has 4 aromatic rings. The van der Waals surface area contributed by atoms with Gasteiger partial charge in [0, 0.05) is 16.7 Å². The van der Waals surface area contributed by atoms with Gasteiger partial charge < -0.3 is 14.2 Å². The highest BCUT2D eigenvalue weighted by molar-refractivity contribution is 6.30. The fourth-order valence-corrected chi connectivity index (χ4v) is 2.75. The standard InChI is InChI=1S/C19H15ClN4O3/c1-25-14-4-3-5-15(26-2)18(14)27-17-11-10-16-21-22-19(24(16)23-17)12-6-8-13(20)9-7-12/h3-11H,1-2H3. The molecule has 0 spiro atoms. The molecular weight excluding hydrogens is 368 g/mol. The minimum atomic E-state index is 0.348. The zero-order valence-corrected chi connectivity index (χ0v) is 15.3. The van der Waals surface area contributed by atoms with Crippen molar-refractivity contribution < 1.29 is 14.2 Å². The number of rotatable bonds is 5. The smallest absolute Gasteiger partial charge is 0.237 e. The van der Waals surface area contributed by atoms with Crippen molar-refractivity contribution in [1.29, 1.82) is 0 Å². The molecule has 4 rings (SSSR count). The normalized spacial score (nSPS) is 10.8. The van der Waals surface area contributed by atoms with E-state index in [-0.39, 0.29) is 0 Å². The summed E-state index contributed by atoms with van der Waals surface area (Å²) < 4.78 is 18.3. The summed E-state index contributed by atoms with van der Waals surface area (Å²) in [6.07, 6.45) is 0. The predicted molar refractivity (Wildman–Crippen MR) is 101 cm³/mol. The molecule has 136 valence electrons. The van der Waals surface area contributed by atoms with Gasteiger partial charge in [0.2, 0.25) is 11.6 Å². The molecule has 0 saturated heterocycles. The Bertz CT molecular complexity index is 1070. The first-order chi connectivity index (χ1) is 13.2. The van der Waals surface area contributed by atoms with E-state index in [0.717, 1.165) is 5.56 Å². The van der Waals surface area contributed by atoms with Crippen LogP contribution in [0, 0.1) is 0 Å². The number of para-hydroxylation sites is 1. The molecule has 0 aliphatic heterocycles. The Hall–Kier alpha value is -3.32. The topological polar surface area (TPSA) is 70.8 Å². The van der Waals surface area contributed by atoms with Crippen LogP contribution < -0.4 is 14.2 Å². The Morgan fingerprint density at radius 1 is 0.852 bits per heavy atom. The van der Waals surface area contributed by atoms with Gasteiger partial charge in [-0.15, -0.1) is 15.3 Å². The van der Waals surface area contributed by atoms with E-state index >= 15 is 0 Å². The molecule has 27 heavy (non-hydrogen) atoms. The molecule has 0 atom stereocenters. The average molecular weight is 383 g/mol. The van der Waals surface area contributed by atoms with Gasteiger partial charge in [-0.25, -0.2) is 0 Å². The largest absolute Gasteiger partial charge is 0.493 e. The van der Waals surface area contributed by atoms with Crippen molar-refractivity contribution in [3.05, 3.63) is 59.6 Å². The molecule has 0 radical (unpaired) electrons. The van der Waals surface area contributed by atoms with E-state index in [1.807, 2.05) is 18.2 Å². The third kappa shape index (κ3) is 3.24. The molecule has 8 heteroatoms. The molecule has 2 aromatic heterocycles. The molecule has 0 fully saturated rings. The van der Waals surface area contributed by atoms with Crippen LogP contribution in [-0.2, 0) is 0 Å². The molecule has 0 bridgehead atoms. The predicted octanol–water partition coefficient (Wildman–Crippen LogP) is 4.25. The van der Waals surface area contributed by atoms with Crippen molar-refractivity contribution in [2.45, 2.75) is 0 Å². The van der Waals surface area contributed by atoms with Gasteiger partial charge in [-0.1, -0.05) is 17.7 Å². The fourth-order valence-electron chi connectivity index (χ4n) is 2.63. The zero-order chi connectivity index (χ0) is 18.8. The second-order valence-electron chi connectivity index (χ2n) is 5.57. The summed E-state index contributed by atoms with van der Waals surface area (Å²) in [6.45, 7) is 0. The Morgan fingerprint density at radius 3 is 2.22 bits per heavy atom. The number of methoxy groups -OCH3 is 2. The molecular formula is C19H15ClN4O3. The molecule has 0 aliphatic rings. The maximum atomic E-state index is 5.96. The van der Waals surface area contributed by atoms with Gasteiger partial charge in [0.25, 0.3) is 0 Å². The zero-order valence-electron chi connectivity index (χ0n) is 14.6. The molecule has 7 nitrogen and oxygen atoms in total. The van der Waals surface area contributed by atoms with Gasteiger partial charge in [0.05, 0.1) is 14.2 Å². The lowest BCUT2D eigenvalue weighted by atomic mass is 10.2. The van der Waals surface area contributed by atoms with Crippen molar-refractivity contribution >= 4 is 17.2 Å². The summed E-state index contributed by atoms with van der Waals surface area (Å²) in [4.78, 5) is 0. The van der Waals surface area contributed by atoms with Gasteiger partial charge in [0.15, 0.2) is 23.0 Å². The number of hydrogen-bond donors (Lipinski definition) is 0. The molecule has 2 aromatic carbocycles. The third-order valence-corrected chi connectivity index (χ3v) is 4.18. The number of nitrogens with zero attached hydrogens (tertiary/aromatic N) is 4. The van der Waals surface area contributed by atoms with Crippen LogP contribution in [0.3, 0.4) is 0 Å². The third-order valence-electron chi connectivity index (χ3n) is 3.93. The number of hydrogen-bond acceptors (Lipinski definition) is 6. The first-order valence-corrected chi connectivity index (χ1v) is 8.44. The second kappa shape index (κ2) is 7.13. The summed E-state index contributed by atoms with van der Waals surface area (Å²) >= 11 is 5.96. The highest BCUT2D eigenvalue weighted by Crippen LogP contribution is 2.39. The first kappa shape index (κ1) is 17.1. The van der Waals surface area contributed by atoms with E-state index in [0.29, 0.717) is 39.6 Å². The van der Waals surface area contributed by atoms with Gasteiger partial charge >= 0.3 is 0 Å². The molecule has 0 amide bonds. The molecule has 0 unspecified atom stereocenters. The maximum absolute atomic E-state index is 5.96. The minimum Gasteiger partial charge on any atom is -0.493 e. The monoisotopic (exact) mass is 382 g/mol. The van der Waals surface area contributed by atoms with Crippen LogP contribution in [0.5, 0.6) is 23.1 Å². The lowest BCUT2D eigenvalue weighted by Gasteiger charge is -2.13. The van der Waals surface area contributed by atoms with E-state index < -0.39 is 0 Å². The average Bonchev–Trinajstić information content (AvgIpc) is 3.12. The van der Waals surface area contributed by atoms with E-state index in [2.05, 4.69) is 15.3 Å². The summed E-state index contributed by atoms with van der Waals surface area (Å²) in [5.74, 6) is 2.45. The van der Waals surface area contributed by atoms with Gasteiger partial charge in [-0.3, -0.25) is 0 Å². The van der Waals surface area contributed by atoms with E-state index in [1.54, 1.807) is 55.1 Å². The Morgan fingerprint density at radius 2 is 1.56 bits per heavy atom. The van der Waals surface area contributed by atoms with Crippen molar-refractivity contribution in [2.75, 3.05) is 14.2 Å². The van der Waals surface area contributed by atoms with Gasteiger partial charge in [0.1, 0.15) is 0 Å². The van der Waals surface area contributed by atoms with Crippen LogP contribution in [0.25, 0.3) is 17.0 Å². The van der Waals surface area contributed by atoms with Crippen LogP contribution in [-0.4, -0.2) is 34.0 Å². The SMILES string of the molecule is COc1cccc(OC)c1Oc1ccc2nnc(-c3ccc(Cl)cc3)n2n1. The summed E-state index contributed by atoms with van der Waals surface area (Å²) in [5, 5.41) is 13.5. The van der Waals surface area contributed by atoms with Crippen molar-refractivity contribution in [1.82, 2.24) is 19.8 Å². The summed E-state index contributed by atoms with van der Waals surface area (Å²) in [7, 11) is 3.13. The minimum absolute atomic E-state index is 0.348. The van der Waals surface area contributed by atoms with Crippen molar-refractivity contribution in [3.63, 3.8) is 0 Å². The molecule has 0 saturated carbocycles. The maximum Gasteiger partial charge on any atom is 0.237 e. The Labute approximate surface area is 160 Å². The van der Waals surface area contributed by atoms with Crippen molar-refractivity contribution in [2.24, 2.45) is 0 Å². The summed E-state index contributed by atoms with van der Waals surface area (Å²) in [6, 6.07) is 16.2. The fraction of sp³-hybridized carbons (Fsp3) is 0.105. The number of halogens is 1. The highest BCUT2D eigenvalue weighted by Gasteiger charge is 2.15. The van der Waals surface area contributed by atoms with Gasteiger partial charge in [-0.2, -0.15) is 4.52 Å². The molecule has 2 heterocycles. The number of benzene rings is 2. The van der Waals surface area contributed by atoms with Crippen LogP contribution in [0.4, 0.5) is 0 Å². The van der Waals surface area contributed by atoms with Crippen LogP contribution in [0.1, 0.15) is 0 Å². The molecule has 0 aliphatic carbocycles. The quantitative estimate of drug-likeness (QED) is 0.513. The van der Waals surface area contributed by atoms with E-state index in [1.165, 1.54) is 0 Å². The van der Waals surface area contributed by atoms with Crippen LogP contribution >= 0.6 is 11.6 Å². The Balaban J connectivity index is 1.76. The number of fused-ring (bicyclic) bond motifs is 1. The van der Waals surface area contributed by atoms with Crippen molar-refractivity contribution in [3.8, 4) is 34.5 Å². The number of ether oxygens (including phenoxy) is 3. The van der Waals surface area contributed by atoms with E-state index in [4.69, 9.17) is 25.8 Å².